The van der Waals surface area contributed by atoms with Gasteiger partial charge in [-0.2, -0.15) is 0 Å². The van der Waals surface area contributed by atoms with E-state index in [9.17, 15) is 9.90 Å². The SMILES string of the molecule is Cc1cc(N)c(N)c(C(O)CCC(=O)O)c1. The molecule has 16 heavy (non-hydrogen) atoms. The van der Waals surface area contributed by atoms with Crippen molar-refractivity contribution in [1.82, 2.24) is 0 Å². The molecule has 1 atom stereocenters. The monoisotopic (exact) mass is 224 g/mol. The molecule has 0 aliphatic rings. The number of nitrogen functional groups attached to an aromatic ring is 2. The van der Waals surface area contributed by atoms with Gasteiger partial charge in [-0.15, -0.1) is 0 Å². The Morgan fingerprint density at radius 3 is 2.62 bits per heavy atom. The first-order chi connectivity index (χ1) is 7.41. The highest BCUT2D eigenvalue weighted by molar-refractivity contribution is 5.70. The number of aliphatic carboxylic acids is 1. The van der Waals surface area contributed by atoms with Crippen LogP contribution in [0.25, 0.3) is 0 Å². The van der Waals surface area contributed by atoms with Crippen LogP contribution in [0.4, 0.5) is 11.4 Å². The van der Waals surface area contributed by atoms with Gasteiger partial charge in [-0.1, -0.05) is 6.07 Å². The quantitative estimate of drug-likeness (QED) is 0.571. The fourth-order valence-electron chi connectivity index (χ4n) is 1.55. The predicted octanol–water partition coefficient (Wildman–Crippen LogP) is 1.06. The fraction of sp³-hybridized carbons (Fsp3) is 0.364. The van der Waals surface area contributed by atoms with E-state index in [1.54, 1.807) is 12.1 Å². The van der Waals surface area contributed by atoms with Crippen molar-refractivity contribution in [2.75, 3.05) is 11.5 Å². The Morgan fingerprint density at radius 2 is 2.06 bits per heavy atom. The van der Waals surface area contributed by atoms with Crippen LogP contribution in [0.3, 0.4) is 0 Å². The second-order valence-electron chi connectivity index (χ2n) is 3.81. The van der Waals surface area contributed by atoms with Crippen molar-refractivity contribution in [1.29, 1.82) is 0 Å². The van der Waals surface area contributed by atoms with Crippen LogP contribution in [0.1, 0.15) is 30.1 Å². The van der Waals surface area contributed by atoms with Gasteiger partial charge in [0.25, 0.3) is 0 Å². The minimum absolute atomic E-state index is 0.103. The van der Waals surface area contributed by atoms with Crippen LogP contribution < -0.4 is 11.5 Å². The number of carboxylic acid groups (broad SMARTS) is 1. The van der Waals surface area contributed by atoms with Crippen molar-refractivity contribution in [3.05, 3.63) is 23.3 Å². The zero-order valence-corrected chi connectivity index (χ0v) is 9.10. The Balaban J connectivity index is 2.90. The van der Waals surface area contributed by atoms with Gasteiger partial charge in [-0.05, 0) is 25.0 Å². The molecule has 0 aliphatic carbocycles. The molecule has 0 heterocycles. The molecule has 1 aromatic rings. The van der Waals surface area contributed by atoms with E-state index in [0.29, 0.717) is 16.9 Å². The second-order valence-corrected chi connectivity index (χ2v) is 3.81. The van der Waals surface area contributed by atoms with Crippen molar-refractivity contribution in [3.8, 4) is 0 Å². The summed E-state index contributed by atoms with van der Waals surface area (Å²) in [6.07, 6.45) is -0.866. The number of carboxylic acids is 1. The molecular formula is C11H16N2O3. The third-order valence-corrected chi connectivity index (χ3v) is 2.38. The first-order valence-electron chi connectivity index (χ1n) is 4.97. The van der Waals surface area contributed by atoms with Crippen LogP contribution in [0.2, 0.25) is 0 Å². The van der Waals surface area contributed by atoms with Crippen molar-refractivity contribution >= 4 is 17.3 Å². The lowest BCUT2D eigenvalue weighted by atomic mass is 10.00. The van der Waals surface area contributed by atoms with Crippen LogP contribution in [0.5, 0.6) is 0 Å². The normalized spacial score (nSPS) is 12.4. The molecule has 0 amide bonds. The number of aryl methyl sites for hydroxylation is 1. The Bertz CT molecular complexity index is 404. The molecule has 5 heteroatoms. The Hall–Kier alpha value is -1.75. The number of hydrogen-bond acceptors (Lipinski definition) is 4. The molecule has 0 bridgehead atoms. The number of anilines is 2. The van der Waals surface area contributed by atoms with Gasteiger partial charge in [0.1, 0.15) is 0 Å². The summed E-state index contributed by atoms with van der Waals surface area (Å²) in [5.41, 5.74) is 13.5. The van der Waals surface area contributed by atoms with Crippen LogP contribution in [0, 0.1) is 6.92 Å². The first kappa shape index (κ1) is 12.3. The average Bonchev–Trinajstić information content (AvgIpc) is 2.19. The summed E-state index contributed by atoms with van der Waals surface area (Å²) in [7, 11) is 0. The number of nitrogens with two attached hydrogens (primary N) is 2. The topological polar surface area (TPSA) is 110 Å². The van der Waals surface area contributed by atoms with Crippen molar-refractivity contribution < 1.29 is 15.0 Å². The number of hydrogen-bond donors (Lipinski definition) is 4. The van der Waals surface area contributed by atoms with Crippen LogP contribution in [-0.4, -0.2) is 16.2 Å². The maximum atomic E-state index is 10.4. The maximum Gasteiger partial charge on any atom is 0.303 e. The Labute approximate surface area is 93.7 Å². The molecule has 1 aromatic carbocycles. The largest absolute Gasteiger partial charge is 0.481 e. The molecule has 5 nitrogen and oxygen atoms in total. The average molecular weight is 224 g/mol. The minimum atomic E-state index is -0.946. The molecule has 0 saturated heterocycles. The van der Waals surface area contributed by atoms with Crippen LogP contribution in [-0.2, 0) is 4.79 Å². The molecule has 0 aliphatic heterocycles. The molecule has 88 valence electrons. The van der Waals surface area contributed by atoms with Gasteiger partial charge in [0.15, 0.2) is 0 Å². The summed E-state index contributed by atoms with van der Waals surface area (Å²) < 4.78 is 0. The van der Waals surface area contributed by atoms with E-state index in [2.05, 4.69) is 0 Å². The van der Waals surface area contributed by atoms with Crippen molar-refractivity contribution in [2.45, 2.75) is 25.9 Å². The lowest BCUT2D eigenvalue weighted by Crippen LogP contribution is -2.07. The smallest absolute Gasteiger partial charge is 0.303 e. The van der Waals surface area contributed by atoms with E-state index < -0.39 is 12.1 Å². The van der Waals surface area contributed by atoms with E-state index >= 15 is 0 Å². The van der Waals surface area contributed by atoms with E-state index in [-0.39, 0.29) is 12.8 Å². The van der Waals surface area contributed by atoms with Gasteiger partial charge < -0.3 is 21.7 Å². The summed E-state index contributed by atoms with van der Waals surface area (Å²) in [6, 6.07) is 3.43. The molecule has 0 radical (unpaired) electrons. The van der Waals surface area contributed by atoms with Gasteiger partial charge in [0, 0.05) is 12.0 Å². The standard InChI is InChI=1S/C11H16N2O3/c1-6-4-7(11(13)8(12)5-6)9(14)2-3-10(15)16/h4-5,9,14H,2-3,12-13H2,1H3,(H,15,16). The number of aliphatic hydroxyl groups excluding tert-OH is 1. The first-order valence-corrected chi connectivity index (χ1v) is 4.97. The maximum absolute atomic E-state index is 10.4. The molecule has 1 rings (SSSR count). The lowest BCUT2D eigenvalue weighted by Gasteiger charge is -2.15. The van der Waals surface area contributed by atoms with E-state index in [0.717, 1.165) is 5.56 Å². The zero-order chi connectivity index (χ0) is 12.3. The molecule has 6 N–H and O–H groups in total. The summed E-state index contributed by atoms with van der Waals surface area (Å²) in [5.74, 6) is -0.946. The van der Waals surface area contributed by atoms with Gasteiger partial charge in [0.2, 0.25) is 0 Å². The predicted molar refractivity (Wildman–Crippen MR) is 61.8 cm³/mol. The van der Waals surface area contributed by atoms with Crippen molar-refractivity contribution in [2.24, 2.45) is 0 Å². The van der Waals surface area contributed by atoms with Gasteiger partial charge in [0.05, 0.1) is 17.5 Å². The van der Waals surface area contributed by atoms with E-state index in [1.807, 2.05) is 6.92 Å². The molecule has 1 unspecified atom stereocenters. The molecule has 0 fully saturated rings. The molecular weight excluding hydrogens is 208 g/mol. The summed E-state index contributed by atoms with van der Waals surface area (Å²) in [6.45, 7) is 1.84. The Kier molecular flexibility index (Phi) is 3.73. The minimum Gasteiger partial charge on any atom is -0.481 e. The third-order valence-electron chi connectivity index (χ3n) is 2.38. The van der Waals surface area contributed by atoms with Gasteiger partial charge in [-0.3, -0.25) is 4.79 Å². The van der Waals surface area contributed by atoms with Gasteiger partial charge >= 0.3 is 5.97 Å². The highest BCUT2D eigenvalue weighted by Gasteiger charge is 2.14. The summed E-state index contributed by atoms with van der Waals surface area (Å²) in [4.78, 5) is 10.4. The number of benzene rings is 1. The fourth-order valence-corrected chi connectivity index (χ4v) is 1.55. The number of rotatable bonds is 4. The number of aliphatic hydroxyl groups is 1. The van der Waals surface area contributed by atoms with Crippen LogP contribution >= 0.6 is 0 Å². The molecule has 0 aromatic heterocycles. The molecule has 0 spiro atoms. The number of carbonyl (C=O) groups is 1. The van der Waals surface area contributed by atoms with Gasteiger partial charge in [-0.25, -0.2) is 0 Å². The second kappa shape index (κ2) is 4.85. The van der Waals surface area contributed by atoms with Crippen LogP contribution in [0.15, 0.2) is 12.1 Å². The zero-order valence-electron chi connectivity index (χ0n) is 9.10. The highest BCUT2D eigenvalue weighted by atomic mass is 16.4. The summed E-state index contributed by atoms with van der Waals surface area (Å²) >= 11 is 0. The van der Waals surface area contributed by atoms with Crippen molar-refractivity contribution in [3.63, 3.8) is 0 Å². The summed E-state index contributed by atoms with van der Waals surface area (Å²) in [5, 5.41) is 18.3. The Morgan fingerprint density at radius 1 is 1.44 bits per heavy atom. The highest BCUT2D eigenvalue weighted by Crippen LogP contribution is 2.29. The third kappa shape index (κ3) is 2.87. The molecule has 0 saturated carbocycles. The van der Waals surface area contributed by atoms with E-state index in [1.165, 1.54) is 0 Å². The lowest BCUT2D eigenvalue weighted by molar-refractivity contribution is -0.137. The van der Waals surface area contributed by atoms with E-state index in [4.69, 9.17) is 16.6 Å².